The zero-order valence-corrected chi connectivity index (χ0v) is 13.2. The Morgan fingerprint density at radius 1 is 1.35 bits per heavy atom. The molecule has 0 atom stereocenters. The molecule has 0 spiro atoms. The van der Waals surface area contributed by atoms with Crippen LogP contribution in [0.25, 0.3) is 0 Å². The van der Waals surface area contributed by atoms with E-state index in [1.54, 1.807) is 7.05 Å². The topological polar surface area (TPSA) is 38.8 Å². The molecule has 0 saturated carbocycles. The Balaban J connectivity index is 2.80. The number of para-hydroxylation sites is 1. The molecule has 0 aliphatic heterocycles. The number of alkyl halides is 1. The maximum absolute atomic E-state index is 11.7. The van der Waals surface area contributed by atoms with Gasteiger partial charge in [-0.25, -0.2) is 0 Å². The van der Waals surface area contributed by atoms with Crippen LogP contribution in [0.2, 0.25) is 0 Å². The fourth-order valence-electron chi connectivity index (χ4n) is 1.83. The summed E-state index contributed by atoms with van der Waals surface area (Å²) in [6.45, 7) is 6.84. The molecule has 0 N–H and O–H groups in total. The second-order valence-corrected chi connectivity index (χ2v) is 5.04. The Morgan fingerprint density at radius 3 is 2.65 bits per heavy atom. The third-order valence-electron chi connectivity index (χ3n) is 2.82. The van der Waals surface area contributed by atoms with E-state index in [4.69, 9.17) is 21.1 Å². The molecule has 1 aromatic rings. The van der Waals surface area contributed by atoms with E-state index in [1.807, 2.05) is 39.0 Å². The Hall–Kier alpha value is -1.26. The van der Waals surface area contributed by atoms with Gasteiger partial charge in [0.2, 0.25) is 5.91 Å². The van der Waals surface area contributed by atoms with Crippen molar-refractivity contribution in [2.45, 2.75) is 26.9 Å². The van der Waals surface area contributed by atoms with E-state index in [9.17, 15) is 4.79 Å². The lowest BCUT2D eigenvalue weighted by atomic mass is 10.1. The molecule has 5 heteroatoms. The molecule has 0 aromatic heterocycles. The van der Waals surface area contributed by atoms with Crippen molar-refractivity contribution in [3.63, 3.8) is 0 Å². The zero-order valence-electron chi connectivity index (χ0n) is 12.5. The van der Waals surface area contributed by atoms with Crippen LogP contribution >= 0.6 is 11.6 Å². The Kier molecular flexibility index (Phi) is 6.82. The first-order chi connectivity index (χ1) is 9.47. The number of amides is 1. The number of aryl methyl sites for hydroxylation is 1. The van der Waals surface area contributed by atoms with E-state index in [0.717, 1.165) is 11.3 Å². The number of ether oxygens (including phenoxy) is 2. The van der Waals surface area contributed by atoms with Crippen molar-refractivity contribution in [3.05, 3.63) is 23.8 Å². The van der Waals surface area contributed by atoms with Crippen molar-refractivity contribution < 1.29 is 14.3 Å². The van der Waals surface area contributed by atoms with Gasteiger partial charge in [0.05, 0.1) is 18.4 Å². The van der Waals surface area contributed by atoms with Crippen LogP contribution in [0.1, 0.15) is 19.4 Å². The fraction of sp³-hybridized carbons (Fsp3) is 0.533. The highest BCUT2D eigenvalue weighted by Gasteiger charge is 2.16. The number of nitrogens with zero attached hydrogens (tertiary/aromatic N) is 1. The Bertz CT molecular complexity index is 449. The summed E-state index contributed by atoms with van der Waals surface area (Å²) in [6.07, 6.45) is 0.177. The monoisotopic (exact) mass is 299 g/mol. The zero-order chi connectivity index (χ0) is 15.1. The SMILES string of the molecule is Cc1cccc(OCCOC(C)C)c1N(C)C(=O)CCl. The van der Waals surface area contributed by atoms with Crippen molar-refractivity contribution in [2.75, 3.05) is 31.0 Å². The second kappa shape index (κ2) is 8.12. The molecule has 1 aromatic carbocycles. The van der Waals surface area contributed by atoms with Gasteiger partial charge in [-0.15, -0.1) is 11.6 Å². The van der Waals surface area contributed by atoms with Crippen molar-refractivity contribution in [1.29, 1.82) is 0 Å². The van der Waals surface area contributed by atoms with Gasteiger partial charge in [0.1, 0.15) is 18.2 Å². The molecule has 4 nitrogen and oxygen atoms in total. The minimum Gasteiger partial charge on any atom is -0.489 e. The number of anilines is 1. The molecule has 0 radical (unpaired) electrons. The standard InChI is InChI=1S/C15H22ClNO3/c1-11(2)19-8-9-20-13-7-5-6-12(3)15(13)17(4)14(18)10-16/h5-7,11H,8-10H2,1-4H3. The summed E-state index contributed by atoms with van der Waals surface area (Å²) in [7, 11) is 1.70. The molecule has 20 heavy (non-hydrogen) atoms. The molecular formula is C15H22ClNO3. The minimum atomic E-state index is -0.163. The average molecular weight is 300 g/mol. The van der Waals surface area contributed by atoms with Crippen LogP contribution in [0.15, 0.2) is 18.2 Å². The van der Waals surface area contributed by atoms with Crippen molar-refractivity contribution in [2.24, 2.45) is 0 Å². The summed E-state index contributed by atoms with van der Waals surface area (Å²) in [6, 6.07) is 5.68. The highest BCUT2D eigenvalue weighted by Crippen LogP contribution is 2.31. The first-order valence-electron chi connectivity index (χ1n) is 6.64. The first kappa shape index (κ1) is 16.8. The Labute approximate surface area is 125 Å². The summed E-state index contributed by atoms with van der Waals surface area (Å²) in [4.78, 5) is 13.3. The van der Waals surface area contributed by atoms with Gasteiger partial charge in [0.25, 0.3) is 0 Å². The normalized spacial score (nSPS) is 10.7. The smallest absolute Gasteiger partial charge is 0.241 e. The van der Waals surface area contributed by atoms with Crippen molar-refractivity contribution in [3.8, 4) is 5.75 Å². The third kappa shape index (κ3) is 4.69. The summed E-state index contributed by atoms with van der Waals surface area (Å²) in [5.74, 6) is 0.448. The first-order valence-corrected chi connectivity index (χ1v) is 7.17. The number of carbonyl (C=O) groups is 1. The maximum Gasteiger partial charge on any atom is 0.241 e. The third-order valence-corrected chi connectivity index (χ3v) is 3.05. The van der Waals surface area contributed by atoms with Crippen LogP contribution in [0.5, 0.6) is 5.75 Å². The molecule has 0 saturated heterocycles. The molecule has 112 valence electrons. The average Bonchev–Trinajstić information content (AvgIpc) is 2.42. The lowest BCUT2D eigenvalue weighted by molar-refractivity contribution is -0.116. The van der Waals surface area contributed by atoms with Crippen LogP contribution in [-0.2, 0) is 9.53 Å². The van der Waals surface area contributed by atoms with E-state index in [0.29, 0.717) is 19.0 Å². The molecule has 1 amide bonds. The van der Waals surface area contributed by atoms with Crippen LogP contribution in [0.4, 0.5) is 5.69 Å². The summed E-state index contributed by atoms with van der Waals surface area (Å²) >= 11 is 5.61. The molecule has 0 fully saturated rings. The molecule has 0 aliphatic carbocycles. The number of rotatable bonds is 7. The van der Waals surface area contributed by atoms with E-state index in [-0.39, 0.29) is 17.9 Å². The van der Waals surface area contributed by atoms with Crippen molar-refractivity contribution in [1.82, 2.24) is 0 Å². The predicted molar refractivity (Wildman–Crippen MR) is 81.9 cm³/mol. The number of hydrogen-bond donors (Lipinski definition) is 0. The number of hydrogen-bond acceptors (Lipinski definition) is 3. The van der Waals surface area contributed by atoms with E-state index < -0.39 is 0 Å². The lowest BCUT2D eigenvalue weighted by Gasteiger charge is -2.22. The van der Waals surface area contributed by atoms with Crippen LogP contribution in [0, 0.1) is 6.92 Å². The summed E-state index contributed by atoms with van der Waals surface area (Å²) < 4.78 is 11.2. The van der Waals surface area contributed by atoms with E-state index >= 15 is 0 Å². The van der Waals surface area contributed by atoms with E-state index in [2.05, 4.69) is 0 Å². The van der Waals surface area contributed by atoms with E-state index in [1.165, 1.54) is 4.90 Å². The van der Waals surface area contributed by atoms with Gasteiger partial charge in [0.15, 0.2) is 0 Å². The summed E-state index contributed by atoms with van der Waals surface area (Å²) in [5.41, 5.74) is 1.72. The number of carbonyl (C=O) groups excluding carboxylic acids is 1. The van der Waals surface area contributed by atoms with Gasteiger partial charge in [0, 0.05) is 7.05 Å². The molecule has 0 unspecified atom stereocenters. The molecule has 0 aliphatic rings. The molecular weight excluding hydrogens is 278 g/mol. The van der Waals surface area contributed by atoms with Gasteiger partial charge in [-0.1, -0.05) is 12.1 Å². The fourth-order valence-corrected chi connectivity index (χ4v) is 2.01. The van der Waals surface area contributed by atoms with Gasteiger partial charge < -0.3 is 14.4 Å². The summed E-state index contributed by atoms with van der Waals surface area (Å²) in [5, 5.41) is 0. The second-order valence-electron chi connectivity index (χ2n) is 4.78. The van der Waals surface area contributed by atoms with Gasteiger partial charge >= 0.3 is 0 Å². The molecule has 1 rings (SSSR count). The predicted octanol–water partition coefficient (Wildman–Crippen LogP) is 3.00. The van der Waals surface area contributed by atoms with Crippen LogP contribution in [-0.4, -0.2) is 38.2 Å². The number of benzene rings is 1. The highest BCUT2D eigenvalue weighted by molar-refractivity contribution is 6.29. The molecule has 0 bridgehead atoms. The van der Waals surface area contributed by atoms with Crippen LogP contribution in [0.3, 0.4) is 0 Å². The lowest BCUT2D eigenvalue weighted by Crippen LogP contribution is -2.28. The number of halogens is 1. The minimum absolute atomic E-state index is 0.0548. The molecule has 0 heterocycles. The maximum atomic E-state index is 11.7. The Morgan fingerprint density at radius 2 is 2.05 bits per heavy atom. The van der Waals surface area contributed by atoms with Crippen molar-refractivity contribution >= 4 is 23.2 Å². The van der Waals surface area contributed by atoms with Gasteiger partial charge in [-0.3, -0.25) is 4.79 Å². The highest BCUT2D eigenvalue weighted by atomic mass is 35.5. The van der Waals surface area contributed by atoms with Gasteiger partial charge in [-0.2, -0.15) is 0 Å². The van der Waals surface area contributed by atoms with Crippen LogP contribution < -0.4 is 9.64 Å². The van der Waals surface area contributed by atoms with Gasteiger partial charge in [-0.05, 0) is 32.4 Å². The largest absolute Gasteiger partial charge is 0.489 e. The quantitative estimate of drug-likeness (QED) is 0.574.